The van der Waals surface area contributed by atoms with E-state index >= 15 is 0 Å². The topological polar surface area (TPSA) is 20.3 Å². The molecule has 12 heavy (non-hydrogen) atoms. The van der Waals surface area contributed by atoms with Crippen LogP contribution in [0.1, 0.15) is 25.7 Å². The second-order valence-corrected chi connectivity index (χ2v) is 4.39. The number of halogens is 1. The summed E-state index contributed by atoms with van der Waals surface area (Å²) in [5.41, 5.74) is 0. The van der Waals surface area contributed by atoms with Crippen molar-refractivity contribution >= 4 is 17.5 Å². The molecule has 1 aliphatic carbocycles. The van der Waals surface area contributed by atoms with E-state index in [-0.39, 0.29) is 0 Å². The van der Waals surface area contributed by atoms with Crippen LogP contribution in [0.2, 0.25) is 0 Å². The highest BCUT2D eigenvalue weighted by Gasteiger charge is 2.34. The molecule has 68 valence electrons. The molecule has 1 amide bonds. The van der Waals surface area contributed by atoms with Gasteiger partial charge in [0.25, 0.3) is 0 Å². The zero-order valence-corrected chi connectivity index (χ0v) is 7.89. The SMILES string of the molecule is O=C(C1CC1)N1CCC(Cl)CC1. The van der Waals surface area contributed by atoms with Crippen molar-refractivity contribution in [1.82, 2.24) is 4.90 Å². The third-order valence-corrected chi connectivity index (χ3v) is 3.10. The third-order valence-electron chi connectivity index (χ3n) is 2.66. The Bertz CT molecular complexity index is 183. The molecule has 0 atom stereocenters. The molecule has 1 saturated carbocycles. The summed E-state index contributed by atoms with van der Waals surface area (Å²) in [5, 5.41) is 0.299. The van der Waals surface area contributed by atoms with Crippen LogP contribution in [0.3, 0.4) is 0 Å². The second-order valence-electron chi connectivity index (χ2n) is 3.77. The van der Waals surface area contributed by atoms with Gasteiger partial charge in [-0.25, -0.2) is 0 Å². The molecule has 2 nitrogen and oxygen atoms in total. The van der Waals surface area contributed by atoms with Crippen LogP contribution in [0.15, 0.2) is 0 Å². The van der Waals surface area contributed by atoms with Gasteiger partial charge in [0, 0.05) is 24.4 Å². The monoisotopic (exact) mass is 187 g/mol. The average Bonchev–Trinajstić information content (AvgIpc) is 2.87. The van der Waals surface area contributed by atoms with E-state index in [0.29, 0.717) is 17.2 Å². The maximum Gasteiger partial charge on any atom is 0.225 e. The normalized spacial score (nSPS) is 25.9. The van der Waals surface area contributed by atoms with Gasteiger partial charge in [-0.05, 0) is 25.7 Å². The molecule has 0 radical (unpaired) electrons. The van der Waals surface area contributed by atoms with E-state index in [0.717, 1.165) is 38.8 Å². The standard InChI is InChI=1S/C9H14ClNO/c10-8-3-5-11(6-4-8)9(12)7-1-2-7/h7-8H,1-6H2. The molecular weight excluding hydrogens is 174 g/mol. The maximum atomic E-state index is 11.5. The second kappa shape index (κ2) is 3.25. The summed E-state index contributed by atoms with van der Waals surface area (Å²) < 4.78 is 0. The number of likely N-dealkylation sites (tertiary alicyclic amines) is 1. The molecule has 2 aliphatic rings. The largest absolute Gasteiger partial charge is 0.342 e. The van der Waals surface area contributed by atoms with Gasteiger partial charge in [-0.2, -0.15) is 0 Å². The fourth-order valence-corrected chi connectivity index (χ4v) is 1.85. The maximum absolute atomic E-state index is 11.5. The number of alkyl halides is 1. The van der Waals surface area contributed by atoms with Gasteiger partial charge in [0.05, 0.1) is 0 Å². The van der Waals surface area contributed by atoms with Crippen LogP contribution in [0, 0.1) is 5.92 Å². The van der Waals surface area contributed by atoms with Gasteiger partial charge in [-0.1, -0.05) is 0 Å². The van der Waals surface area contributed by atoms with E-state index in [9.17, 15) is 4.79 Å². The van der Waals surface area contributed by atoms with E-state index in [1.54, 1.807) is 0 Å². The Hall–Kier alpha value is -0.240. The molecule has 0 aromatic carbocycles. The molecule has 2 fully saturated rings. The van der Waals surface area contributed by atoms with Crippen molar-refractivity contribution in [3.05, 3.63) is 0 Å². The van der Waals surface area contributed by atoms with Crippen molar-refractivity contribution in [1.29, 1.82) is 0 Å². The Morgan fingerprint density at radius 3 is 2.25 bits per heavy atom. The predicted octanol–water partition coefficient (Wildman–Crippen LogP) is 1.63. The van der Waals surface area contributed by atoms with Gasteiger partial charge in [-0.15, -0.1) is 11.6 Å². The summed E-state index contributed by atoms with van der Waals surface area (Å²) in [6.45, 7) is 1.76. The summed E-state index contributed by atoms with van der Waals surface area (Å²) >= 11 is 5.94. The number of carbonyl (C=O) groups excluding carboxylic acids is 1. The van der Waals surface area contributed by atoms with Crippen LogP contribution in [0.5, 0.6) is 0 Å². The van der Waals surface area contributed by atoms with Crippen molar-refractivity contribution < 1.29 is 4.79 Å². The number of piperidine rings is 1. The predicted molar refractivity (Wildman–Crippen MR) is 48.2 cm³/mol. The molecule has 0 unspecified atom stereocenters. The lowest BCUT2D eigenvalue weighted by Crippen LogP contribution is -2.39. The molecule has 3 heteroatoms. The number of hydrogen-bond donors (Lipinski definition) is 0. The van der Waals surface area contributed by atoms with Crippen LogP contribution in [-0.2, 0) is 4.79 Å². The number of rotatable bonds is 1. The van der Waals surface area contributed by atoms with Crippen molar-refractivity contribution in [2.75, 3.05) is 13.1 Å². The molecule has 1 saturated heterocycles. The summed E-state index contributed by atoms with van der Waals surface area (Å²) in [5.74, 6) is 0.746. The third kappa shape index (κ3) is 1.74. The van der Waals surface area contributed by atoms with Crippen molar-refractivity contribution in [3.8, 4) is 0 Å². The van der Waals surface area contributed by atoms with Crippen LogP contribution < -0.4 is 0 Å². The van der Waals surface area contributed by atoms with Gasteiger partial charge < -0.3 is 4.90 Å². The number of hydrogen-bond acceptors (Lipinski definition) is 1. The van der Waals surface area contributed by atoms with Crippen LogP contribution in [0.4, 0.5) is 0 Å². The Labute approximate surface area is 77.9 Å². The fraction of sp³-hybridized carbons (Fsp3) is 0.889. The van der Waals surface area contributed by atoms with E-state index in [2.05, 4.69) is 0 Å². The smallest absolute Gasteiger partial charge is 0.225 e. The Morgan fingerprint density at radius 2 is 1.75 bits per heavy atom. The number of nitrogens with zero attached hydrogens (tertiary/aromatic N) is 1. The minimum absolute atomic E-state index is 0.299. The molecular formula is C9H14ClNO. The molecule has 0 aromatic rings. The lowest BCUT2D eigenvalue weighted by atomic mass is 10.1. The Morgan fingerprint density at radius 1 is 1.17 bits per heavy atom. The molecule has 0 bridgehead atoms. The highest BCUT2D eigenvalue weighted by Crippen LogP contribution is 2.32. The number of amides is 1. The minimum Gasteiger partial charge on any atom is -0.342 e. The minimum atomic E-state index is 0.299. The summed E-state index contributed by atoms with van der Waals surface area (Å²) in [7, 11) is 0. The molecule has 1 aliphatic heterocycles. The van der Waals surface area contributed by atoms with Crippen LogP contribution in [-0.4, -0.2) is 29.3 Å². The highest BCUT2D eigenvalue weighted by molar-refractivity contribution is 6.20. The fourth-order valence-electron chi connectivity index (χ4n) is 1.66. The van der Waals surface area contributed by atoms with E-state index in [4.69, 9.17) is 11.6 Å². The lowest BCUT2D eigenvalue weighted by Gasteiger charge is -2.29. The van der Waals surface area contributed by atoms with Crippen LogP contribution in [0.25, 0.3) is 0 Å². The average molecular weight is 188 g/mol. The van der Waals surface area contributed by atoms with Crippen molar-refractivity contribution in [3.63, 3.8) is 0 Å². The Balaban J connectivity index is 1.84. The first kappa shape index (κ1) is 8.36. The summed E-state index contributed by atoms with van der Waals surface area (Å²) in [6.07, 6.45) is 4.17. The quantitative estimate of drug-likeness (QED) is 0.572. The van der Waals surface area contributed by atoms with Gasteiger partial charge in [0.15, 0.2) is 0 Å². The summed E-state index contributed by atoms with van der Waals surface area (Å²) in [6, 6.07) is 0. The van der Waals surface area contributed by atoms with E-state index in [1.165, 1.54) is 0 Å². The molecule has 0 spiro atoms. The summed E-state index contributed by atoms with van der Waals surface area (Å²) in [4.78, 5) is 13.5. The molecule has 0 aromatic heterocycles. The zero-order chi connectivity index (χ0) is 8.55. The van der Waals surface area contributed by atoms with Gasteiger partial charge in [-0.3, -0.25) is 4.79 Å². The van der Waals surface area contributed by atoms with E-state index in [1.807, 2.05) is 4.90 Å². The lowest BCUT2D eigenvalue weighted by molar-refractivity contribution is -0.133. The van der Waals surface area contributed by atoms with Gasteiger partial charge >= 0.3 is 0 Å². The van der Waals surface area contributed by atoms with Crippen molar-refractivity contribution in [2.45, 2.75) is 31.1 Å². The first-order valence-corrected chi connectivity index (χ1v) is 5.14. The Kier molecular flexibility index (Phi) is 2.26. The van der Waals surface area contributed by atoms with Gasteiger partial charge in [0.1, 0.15) is 0 Å². The zero-order valence-electron chi connectivity index (χ0n) is 7.13. The van der Waals surface area contributed by atoms with Gasteiger partial charge in [0.2, 0.25) is 5.91 Å². The van der Waals surface area contributed by atoms with Crippen molar-refractivity contribution in [2.24, 2.45) is 5.92 Å². The number of carbonyl (C=O) groups is 1. The highest BCUT2D eigenvalue weighted by atomic mass is 35.5. The van der Waals surface area contributed by atoms with E-state index < -0.39 is 0 Å². The molecule has 0 N–H and O–H groups in total. The molecule has 2 rings (SSSR count). The van der Waals surface area contributed by atoms with Crippen LogP contribution >= 0.6 is 11.6 Å². The molecule has 1 heterocycles. The first-order valence-electron chi connectivity index (χ1n) is 4.70. The first-order chi connectivity index (χ1) is 5.77.